The molecule has 0 amide bonds. The third-order valence-corrected chi connectivity index (χ3v) is 3.29. The molecule has 92 valence electrons. The lowest BCUT2D eigenvalue weighted by atomic mass is 10.2. The maximum absolute atomic E-state index is 5.90. The van der Waals surface area contributed by atoms with Crippen molar-refractivity contribution < 1.29 is 0 Å². The summed E-state index contributed by atoms with van der Waals surface area (Å²) in [5, 5.41) is 5.32. The Morgan fingerprint density at radius 3 is 2.22 bits per heavy atom. The maximum Gasteiger partial charge on any atom is 0.0562 e. The second kappa shape index (κ2) is 6.41. The standard InChI is InChI=1S/C13H9Cl2IN2/c14-10-5-9(6-11(15)7-10)8-17-18-13-3-1-12(16)2-4-13/h1-8,18H/b17-8+. The Labute approximate surface area is 129 Å². The normalized spacial score (nSPS) is 10.8. The minimum absolute atomic E-state index is 0.596. The Morgan fingerprint density at radius 2 is 1.61 bits per heavy atom. The highest BCUT2D eigenvalue weighted by molar-refractivity contribution is 14.1. The molecule has 0 bridgehead atoms. The van der Waals surface area contributed by atoms with Crippen molar-refractivity contribution in [3.05, 3.63) is 61.6 Å². The molecule has 0 aliphatic rings. The number of hydrogen-bond acceptors (Lipinski definition) is 2. The number of nitrogens with one attached hydrogen (secondary N) is 1. The molecule has 2 rings (SSSR count). The zero-order chi connectivity index (χ0) is 13.0. The predicted octanol–water partition coefficient (Wildman–Crippen LogP) is 5.04. The quantitative estimate of drug-likeness (QED) is 0.443. The Hall–Kier alpha value is -0.780. The molecular formula is C13H9Cl2IN2. The van der Waals surface area contributed by atoms with Gasteiger partial charge in [-0.15, -0.1) is 0 Å². The zero-order valence-corrected chi connectivity index (χ0v) is 12.9. The summed E-state index contributed by atoms with van der Waals surface area (Å²) in [6.07, 6.45) is 1.68. The second-order valence-electron chi connectivity index (χ2n) is 3.58. The number of nitrogens with zero attached hydrogens (tertiary/aromatic N) is 1. The van der Waals surface area contributed by atoms with Crippen molar-refractivity contribution >= 4 is 57.7 Å². The zero-order valence-electron chi connectivity index (χ0n) is 9.20. The first kappa shape index (κ1) is 13.6. The highest BCUT2D eigenvalue weighted by atomic mass is 127. The van der Waals surface area contributed by atoms with Crippen LogP contribution in [0.15, 0.2) is 47.6 Å². The number of anilines is 1. The summed E-state index contributed by atoms with van der Waals surface area (Å²) in [6, 6.07) is 13.2. The van der Waals surface area contributed by atoms with Crippen LogP contribution >= 0.6 is 45.8 Å². The van der Waals surface area contributed by atoms with Crippen molar-refractivity contribution in [2.45, 2.75) is 0 Å². The van der Waals surface area contributed by atoms with Crippen molar-refractivity contribution in [1.82, 2.24) is 0 Å². The molecule has 1 N–H and O–H groups in total. The molecule has 0 aliphatic carbocycles. The van der Waals surface area contributed by atoms with E-state index in [0.29, 0.717) is 10.0 Å². The van der Waals surface area contributed by atoms with E-state index in [2.05, 4.69) is 33.1 Å². The molecule has 0 saturated heterocycles. The fourth-order valence-corrected chi connectivity index (χ4v) is 2.26. The van der Waals surface area contributed by atoms with Gasteiger partial charge in [-0.3, -0.25) is 5.43 Å². The van der Waals surface area contributed by atoms with Gasteiger partial charge < -0.3 is 0 Å². The Bertz CT molecular complexity index is 547. The minimum atomic E-state index is 0.596. The molecule has 0 aromatic heterocycles. The highest BCUT2D eigenvalue weighted by Crippen LogP contribution is 2.18. The Kier molecular flexibility index (Phi) is 4.86. The van der Waals surface area contributed by atoms with Gasteiger partial charge in [-0.05, 0) is 70.6 Å². The van der Waals surface area contributed by atoms with Gasteiger partial charge in [0, 0.05) is 13.6 Å². The third kappa shape index (κ3) is 4.15. The summed E-state index contributed by atoms with van der Waals surface area (Å²) < 4.78 is 1.18. The van der Waals surface area contributed by atoms with Gasteiger partial charge in [-0.1, -0.05) is 23.2 Å². The fourth-order valence-electron chi connectivity index (χ4n) is 1.36. The summed E-state index contributed by atoms with van der Waals surface area (Å²) in [4.78, 5) is 0. The van der Waals surface area contributed by atoms with E-state index in [0.717, 1.165) is 11.3 Å². The van der Waals surface area contributed by atoms with E-state index in [1.807, 2.05) is 24.3 Å². The van der Waals surface area contributed by atoms with Crippen molar-refractivity contribution in [1.29, 1.82) is 0 Å². The molecule has 2 aromatic carbocycles. The molecule has 0 saturated carbocycles. The van der Waals surface area contributed by atoms with Gasteiger partial charge in [0.2, 0.25) is 0 Å². The van der Waals surface area contributed by atoms with E-state index in [1.54, 1.807) is 24.4 Å². The molecule has 0 atom stereocenters. The third-order valence-electron chi connectivity index (χ3n) is 2.14. The van der Waals surface area contributed by atoms with Crippen LogP contribution < -0.4 is 5.43 Å². The summed E-state index contributed by atoms with van der Waals surface area (Å²) in [6.45, 7) is 0. The van der Waals surface area contributed by atoms with Gasteiger partial charge in [0.05, 0.1) is 11.9 Å². The molecule has 0 spiro atoms. The second-order valence-corrected chi connectivity index (χ2v) is 5.70. The first-order valence-electron chi connectivity index (χ1n) is 5.14. The van der Waals surface area contributed by atoms with Crippen LogP contribution in [-0.4, -0.2) is 6.21 Å². The first-order chi connectivity index (χ1) is 8.63. The summed E-state index contributed by atoms with van der Waals surface area (Å²) in [5.41, 5.74) is 4.72. The lowest BCUT2D eigenvalue weighted by molar-refractivity contribution is 1.35. The van der Waals surface area contributed by atoms with Crippen LogP contribution in [0.25, 0.3) is 0 Å². The summed E-state index contributed by atoms with van der Waals surface area (Å²) >= 11 is 14.0. The molecule has 2 aromatic rings. The van der Waals surface area contributed by atoms with E-state index < -0.39 is 0 Å². The van der Waals surface area contributed by atoms with Crippen LogP contribution in [0.2, 0.25) is 10.0 Å². The molecule has 0 radical (unpaired) electrons. The van der Waals surface area contributed by atoms with Gasteiger partial charge in [0.15, 0.2) is 0 Å². The van der Waals surface area contributed by atoms with Crippen LogP contribution in [0.3, 0.4) is 0 Å². The van der Waals surface area contributed by atoms with Crippen LogP contribution in [0, 0.1) is 3.57 Å². The average Bonchev–Trinajstić information content (AvgIpc) is 2.30. The number of hydrogen-bond donors (Lipinski definition) is 1. The molecule has 0 aliphatic heterocycles. The van der Waals surface area contributed by atoms with E-state index >= 15 is 0 Å². The molecule has 18 heavy (non-hydrogen) atoms. The van der Waals surface area contributed by atoms with Gasteiger partial charge in [0.1, 0.15) is 0 Å². The van der Waals surface area contributed by atoms with Gasteiger partial charge in [-0.2, -0.15) is 5.10 Å². The number of hydrazone groups is 1. The maximum atomic E-state index is 5.90. The minimum Gasteiger partial charge on any atom is -0.279 e. The molecular weight excluding hydrogens is 382 g/mol. The van der Waals surface area contributed by atoms with Gasteiger partial charge >= 0.3 is 0 Å². The van der Waals surface area contributed by atoms with Crippen molar-refractivity contribution in [3.63, 3.8) is 0 Å². The molecule has 0 heterocycles. The summed E-state index contributed by atoms with van der Waals surface area (Å²) in [7, 11) is 0. The first-order valence-corrected chi connectivity index (χ1v) is 6.98. The van der Waals surface area contributed by atoms with E-state index in [-0.39, 0.29) is 0 Å². The van der Waals surface area contributed by atoms with Crippen LogP contribution in [0.4, 0.5) is 5.69 Å². The lowest BCUT2D eigenvalue weighted by Gasteiger charge is -2.00. The van der Waals surface area contributed by atoms with Crippen LogP contribution in [-0.2, 0) is 0 Å². The lowest BCUT2D eigenvalue weighted by Crippen LogP contribution is -1.90. The predicted molar refractivity (Wildman–Crippen MR) is 86.8 cm³/mol. The Morgan fingerprint density at radius 1 is 1.00 bits per heavy atom. The fraction of sp³-hybridized carbons (Fsp3) is 0. The molecule has 0 unspecified atom stereocenters. The highest BCUT2D eigenvalue weighted by Gasteiger charge is 1.95. The largest absolute Gasteiger partial charge is 0.279 e. The Balaban J connectivity index is 2.05. The van der Waals surface area contributed by atoms with E-state index in [9.17, 15) is 0 Å². The molecule has 5 heteroatoms. The number of rotatable bonds is 3. The van der Waals surface area contributed by atoms with Crippen molar-refractivity contribution in [3.8, 4) is 0 Å². The van der Waals surface area contributed by atoms with Gasteiger partial charge in [-0.25, -0.2) is 0 Å². The van der Waals surface area contributed by atoms with Crippen molar-refractivity contribution in [2.75, 3.05) is 5.43 Å². The van der Waals surface area contributed by atoms with Gasteiger partial charge in [0.25, 0.3) is 0 Å². The smallest absolute Gasteiger partial charge is 0.0562 e. The number of halogens is 3. The monoisotopic (exact) mass is 390 g/mol. The number of benzene rings is 2. The van der Waals surface area contributed by atoms with Crippen LogP contribution in [0.1, 0.15) is 5.56 Å². The summed E-state index contributed by atoms with van der Waals surface area (Å²) in [5.74, 6) is 0. The topological polar surface area (TPSA) is 24.4 Å². The molecule has 2 nitrogen and oxygen atoms in total. The van der Waals surface area contributed by atoms with Crippen molar-refractivity contribution in [2.24, 2.45) is 5.10 Å². The van der Waals surface area contributed by atoms with Crippen LogP contribution in [0.5, 0.6) is 0 Å². The van der Waals surface area contributed by atoms with E-state index in [1.165, 1.54) is 3.57 Å². The SMILES string of the molecule is Clc1cc(Cl)cc(/C=N/Nc2ccc(I)cc2)c1. The van der Waals surface area contributed by atoms with E-state index in [4.69, 9.17) is 23.2 Å². The average molecular weight is 391 g/mol. The molecule has 0 fully saturated rings.